The minimum Gasteiger partial charge on any atom is -0.455 e. The molecule has 2 heteroatoms. The van der Waals surface area contributed by atoms with Crippen molar-refractivity contribution in [2.45, 2.75) is 19.3 Å². The number of nitrogens with zero attached hydrogens (tertiary/aromatic N) is 1. The number of furan rings is 1. The summed E-state index contributed by atoms with van der Waals surface area (Å²) < 4.78 is 6.44. The summed E-state index contributed by atoms with van der Waals surface area (Å²) in [6.45, 7) is 4.70. The second kappa shape index (κ2) is 12.8. The van der Waals surface area contributed by atoms with Crippen LogP contribution in [-0.4, -0.2) is 0 Å². The zero-order chi connectivity index (χ0) is 39.2. The summed E-state index contributed by atoms with van der Waals surface area (Å²) >= 11 is 0. The van der Waals surface area contributed by atoms with E-state index in [0.717, 1.165) is 50.1 Å². The zero-order valence-corrected chi connectivity index (χ0v) is 32.9. The van der Waals surface area contributed by atoms with Crippen LogP contribution >= 0.6 is 0 Å². The molecule has 1 aliphatic carbocycles. The molecule has 0 radical (unpaired) electrons. The Balaban J connectivity index is 0.976. The minimum absolute atomic E-state index is 0.113. The van der Waals surface area contributed by atoms with Crippen LogP contribution in [0.15, 0.2) is 205 Å². The fourth-order valence-corrected chi connectivity index (χ4v) is 9.93. The lowest BCUT2D eigenvalue weighted by Crippen LogP contribution is -2.16. The first kappa shape index (κ1) is 33.7. The van der Waals surface area contributed by atoms with Crippen molar-refractivity contribution in [2.24, 2.45) is 0 Å². The van der Waals surface area contributed by atoms with Gasteiger partial charge in [0.1, 0.15) is 11.2 Å². The predicted molar refractivity (Wildman–Crippen MR) is 249 cm³/mol. The van der Waals surface area contributed by atoms with Gasteiger partial charge in [-0.3, -0.25) is 0 Å². The quantitative estimate of drug-likeness (QED) is 0.163. The van der Waals surface area contributed by atoms with Crippen LogP contribution in [0.1, 0.15) is 25.0 Å². The van der Waals surface area contributed by atoms with Gasteiger partial charge in [0.05, 0.1) is 0 Å². The van der Waals surface area contributed by atoms with Crippen LogP contribution in [0.3, 0.4) is 0 Å². The van der Waals surface area contributed by atoms with Gasteiger partial charge in [-0.05, 0) is 120 Å². The molecule has 0 spiro atoms. The third-order valence-electron chi connectivity index (χ3n) is 12.9. The van der Waals surface area contributed by atoms with Gasteiger partial charge in [0.15, 0.2) is 0 Å². The summed E-state index contributed by atoms with van der Waals surface area (Å²) in [6, 6.07) is 73.2. The first-order chi connectivity index (χ1) is 29.0. The summed E-state index contributed by atoms with van der Waals surface area (Å²) in [7, 11) is 0. The van der Waals surface area contributed by atoms with Gasteiger partial charge in [-0.25, -0.2) is 0 Å². The number of hydrogen-bond acceptors (Lipinski definition) is 2. The SMILES string of the molecule is CC1(C)c2ccccc2-c2ccc(N(c3ccc(-c4ccc5c6ccccc6c6ccccc6c5c4)cc3)c3ccc(-c4cccc5c4oc4ccccc45)cc3)cc21. The average Bonchev–Trinajstić information content (AvgIpc) is 3.79. The minimum atomic E-state index is -0.113. The third-order valence-corrected chi connectivity index (χ3v) is 12.9. The molecule has 0 bridgehead atoms. The number of benzene rings is 10. The zero-order valence-electron chi connectivity index (χ0n) is 32.9. The molecule has 0 fully saturated rings. The van der Waals surface area contributed by atoms with E-state index in [0.29, 0.717) is 0 Å². The second-order valence-corrected chi connectivity index (χ2v) is 16.5. The lowest BCUT2D eigenvalue weighted by atomic mass is 9.82. The summed E-state index contributed by atoms with van der Waals surface area (Å²) in [5, 5.41) is 10.0. The molecule has 1 aliphatic rings. The number of hydrogen-bond donors (Lipinski definition) is 0. The van der Waals surface area contributed by atoms with E-state index in [9.17, 15) is 0 Å². The van der Waals surface area contributed by atoms with Crippen LogP contribution in [0.4, 0.5) is 17.1 Å². The van der Waals surface area contributed by atoms with Gasteiger partial charge < -0.3 is 9.32 Å². The molecule has 10 aromatic carbocycles. The van der Waals surface area contributed by atoms with E-state index in [2.05, 4.69) is 207 Å². The Hall–Kier alpha value is -7.42. The maximum absolute atomic E-state index is 6.44. The molecule has 0 saturated carbocycles. The maximum Gasteiger partial charge on any atom is 0.143 e. The van der Waals surface area contributed by atoms with Crippen molar-refractivity contribution >= 4 is 71.3 Å². The molecule has 0 aliphatic heterocycles. The molecule has 1 heterocycles. The van der Waals surface area contributed by atoms with Crippen molar-refractivity contribution in [1.29, 1.82) is 0 Å². The molecule has 12 rings (SSSR count). The molecular weight excluding hydrogens is 715 g/mol. The number of anilines is 3. The van der Waals surface area contributed by atoms with Crippen molar-refractivity contribution in [3.05, 3.63) is 211 Å². The molecule has 11 aromatic rings. The Labute approximate surface area is 343 Å². The van der Waals surface area contributed by atoms with E-state index >= 15 is 0 Å². The smallest absolute Gasteiger partial charge is 0.143 e. The maximum atomic E-state index is 6.44. The molecule has 0 atom stereocenters. The van der Waals surface area contributed by atoms with E-state index in [-0.39, 0.29) is 5.41 Å². The van der Waals surface area contributed by atoms with Gasteiger partial charge in [-0.1, -0.05) is 166 Å². The Morgan fingerprint density at radius 2 is 0.847 bits per heavy atom. The van der Waals surface area contributed by atoms with Gasteiger partial charge >= 0.3 is 0 Å². The first-order valence-corrected chi connectivity index (χ1v) is 20.5. The van der Waals surface area contributed by atoms with Crippen LogP contribution in [-0.2, 0) is 5.41 Å². The fraction of sp³-hybridized carbons (Fsp3) is 0.0526. The van der Waals surface area contributed by atoms with E-state index in [1.807, 2.05) is 12.1 Å². The second-order valence-electron chi connectivity index (χ2n) is 16.5. The topological polar surface area (TPSA) is 16.4 Å². The van der Waals surface area contributed by atoms with E-state index in [4.69, 9.17) is 4.42 Å². The van der Waals surface area contributed by atoms with Gasteiger partial charge in [0.2, 0.25) is 0 Å². The highest BCUT2D eigenvalue weighted by molar-refractivity contribution is 6.25. The van der Waals surface area contributed by atoms with E-state index in [1.54, 1.807) is 0 Å². The lowest BCUT2D eigenvalue weighted by Gasteiger charge is -2.28. The summed E-state index contributed by atoms with van der Waals surface area (Å²) in [5.74, 6) is 0. The normalized spacial score (nSPS) is 13.1. The van der Waals surface area contributed by atoms with Crippen LogP contribution in [0.25, 0.3) is 87.6 Å². The number of para-hydroxylation sites is 2. The summed E-state index contributed by atoms with van der Waals surface area (Å²) in [5.41, 5.74) is 15.0. The predicted octanol–water partition coefficient (Wildman–Crippen LogP) is 16.2. The fourth-order valence-electron chi connectivity index (χ4n) is 9.93. The highest BCUT2D eigenvalue weighted by Crippen LogP contribution is 2.51. The molecule has 0 unspecified atom stereocenters. The molecule has 0 amide bonds. The first-order valence-electron chi connectivity index (χ1n) is 20.5. The monoisotopic (exact) mass is 753 g/mol. The van der Waals surface area contributed by atoms with Crippen LogP contribution in [0, 0.1) is 0 Å². The van der Waals surface area contributed by atoms with Crippen LogP contribution in [0.5, 0.6) is 0 Å². The Bertz CT molecular complexity index is 3430. The largest absolute Gasteiger partial charge is 0.455 e. The molecule has 2 nitrogen and oxygen atoms in total. The molecular formula is C57H39NO. The molecule has 0 saturated heterocycles. The summed E-state index contributed by atoms with van der Waals surface area (Å²) in [6.07, 6.45) is 0. The molecule has 59 heavy (non-hydrogen) atoms. The van der Waals surface area contributed by atoms with Crippen molar-refractivity contribution in [3.8, 4) is 33.4 Å². The van der Waals surface area contributed by atoms with Crippen molar-refractivity contribution in [2.75, 3.05) is 4.90 Å². The van der Waals surface area contributed by atoms with E-state index in [1.165, 1.54) is 65.7 Å². The van der Waals surface area contributed by atoms with Crippen molar-refractivity contribution in [3.63, 3.8) is 0 Å². The molecule has 0 N–H and O–H groups in total. The molecule has 1 aromatic heterocycles. The van der Waals surface area contributed by atoms with Crippen LogP contribution < -0.4 is 4.90 Å². The van der Waals surface area contributed by atoms with Gasteiger partial charge in [-0.2, -0.15) is 0 Å². The Morgan fingerprint density at radius 3 is 1.56 bits per heavy atom. The summed E-state index contributed by atoms with van der Waals surface area (Å²) in [4.78, 5) is 2.40. The van der Waals surface area contributed by atoms with Crippen molar-refractivity contribution in [1.82, 2.24) is 0 Å². The number of fused-ring (bicyclic) bond motifs is 12. The van der Waals surface area contributed by atoms with E-state index < -0.39 is 0 Å². The van der Waals surface area contributed by atoms with Crippen LogP contribution in [0.2, 0.25) is 0 Å². The lowest BCUT2D eigenvalue weighted by molar-refractivity contribution is 0.660. The highest BCUT2D eigenvalue weighted by atomic mass is 16.3. The Kier molecular flexibility index (Phi) is 7.31. The number of rotatable bonds is 5. The van der Waals surface area contributed by atoms with Gasteiger partial charge in [0.25, 0.3) is 0 Å². The van der Waals surface area contributed by atoms with Gasteiger partial charge in [0, 0.05) is 38.8 Å². The Morgan fingerprint density at radius 1 is 0.339 bits per heavy atom. The molecule has 278 valence electrons. The standard InChI is InChI=1S/C57H39NO/c1-57(2)53-20-9-7-16-48(53)49-33-31-41(35-54(49)57)58(40-29-24-37(25-30-40)42-18-11-19-51-50-17-8-10-21-55(50)59-56(42)51)39-27-22-36(23-28-39)38-26-32-47-45-14-4-3-12-43(45)44-13-5-6-15-46(44)52(47)34-38/h3-35H,1-2H3. The highest BCUT2D eigenvalue weighted by Gasteiger charge is 2.35. The average molecular weight is 754 g/mol. The van der Waals surface area contributed by atoms with Gasteiger partial charge in [-0.15, -0.1) is 0 Å². The van der Waals surface area contributed by atoms with Crippen molar-refractivity contribution < 1.29 is 4.42 Å². The third kappa shape index (κ3) is 5.13.